The minimum absolute atomic E-state index is 0.0173. The van der Waals surface area contributed by atoms with Gasteiger partial charge in [0.2, 0.25) is 5.95 Å². The van der Waals surface area contributed by atoms with Crippen LogP contribution in [0, 0.1) is 11.6 Å². The zero-order valence-electron chi connectivity index (χ0n) is 23.5. The average Bonchev–Trinajstić information content (AvgIpc) is 2.86. The van der Waals surface area contributed by atoms with Crippen LogP contribution in [0.25, 0.3) is 22.2 Å². The Labute approximate surface area is 242 Å². The Morgan fingerprint density at radius 3 is 2.33 bits per heavy atom. The molecule has 2 heterocycles. The lowest BCUT2D eigenvalue weighted by Crippen LogP contribution is -2.46. The van der Waals surface area contributed by atoms with Gasteiger partial charge in [-0.25, -0.2) is 22.5 Å². The lowest BCUT2D eigenvalue weighted by molar-refractivity contribution is -0.129. The summed E-state index contributed by atoms with van der Waals surface area (Å²) in [5, 5.41) is 0.447. The normalized spacial score (nSPS) is 16.9. The first-order valence-electron chi connectivity index (χ1n) is 13.2. The first-order valence-corrected chi connectivity index (χ1v) is 14.2. The molecule has 3 N–H and O–H groups in total. The number of alkyl halides is 5. The number of aromatic nitrogens is 3. The van der Waals surface area contributed by atoms with Crippen LogP contribution in [0.3, 0.4) is 0 Å². The monoisotopic (exact) mass is 622 g/mol. The van der Waals surface area contributed by atoms with Crippen LogP contribution in [0.2, 0.25) is 0 Å². The van der Waals surface area contributed by atoms with Gasteiger partial charge in [-0.1, -0.05) is 18.4 Å². The SMILES string of the molecule is CC(C)n1c(=O)c(-c2cc(F)c(NSCCC(F)(F)F)c(F)c2)cc2cnc(N)nc21.CN(C)C1CCCCC1(F)F. The van der Waals surface area contributed by atoms with E-state index in [2.05, 4.69) is 14.7 Å². The topological polar surface area (TPSA) is 89.1 Å². The fourth-order valence-electron chi connectivity index (χ4n) is 4.65. The van der Waals surface area contributed by atoms with Crippen molar-refractivity contribution >= 4 is 34.6 Å². The van der Waals surface area contributed by atoms with E-state index in [1.165, 1.54) is 16.8 Å². The van der Waals surface area contributed by atoms with Crippen molar-refractivity contribution in [2.24, 2.45) is 0 Å². The molecule has 1 fully saturated rings. The highest BCUT2D eigenvalue weighted by Gasteiger charge is 2.42. The van der Waals surface area contributed by atoms with Gasteiger partial charge in [-0.2, -0.15) is 18.2 Å². The number of nitrogens with one attached hydrogen (secondary N) is 1. The van der Waals surface area contributed by atoms with Gasteiger partial charge in [0.05, 0.1) is 12.5 Å². The van der Waals surface area contributed by atoms with Gasteiger partial charge in [0.15, 0.2) is 11.6 Å². The molecule has 0 saturated heterocycles. The van der Waals surface area contributed by atoms with Crippen LogP contribution in [0.4, 0.5) is 42.4 Å². The Balaban J connectivity index is 0.000000369. The highest BCUT2D eigenvalue weighted by Crippen LogP contribution is 2.35. The number of pyridine rings is 1. The zero-order valence-corrected chi connectivity index (χ0v) is 24.4. The molecule has 232 valence electrons. The molecule has 0 bridgehead atoms. The van der Waals surface area contributed by atoms with Crippen molar-refractivity contribution in [1.29, 1.82) is 0 Å². The van der Waals surface area contributed by atoms with Gasteiger partial charge in [0.1, 0.15) is 11.3 Å². The van der Waals surface area contributed by atoms with Crippen LogP contribution in [0.15, 0.2) is 29.2 Å². The lowest BCUT2D eigenvalue weighted by atomic mass is 9.91. The van der Waals surface area contributed by atoms with E-state index in [4.69, 9.17) is 5.73 Å². The van der Waals surface area contributed by atoms with Crippen LogP contribution >= 0.6 is 11.9 Å². The van der Waals surface area contributed by atoms with Crippen molar-refractivity contribution < 1.29 is 30.7 Å². The van der Waals surface area contributed by atoms with Gasteiger partial charge in [-0.3, -0.25) is 9.36 Å². The summed E-state index contributed by atoms with van der Waals surface area (Å²) in [6.45, 7) is 3.49. The van der Waals surface area contributed by atoms with Crippen LogP contribution in [-0.2, 0) is 0 Å². The van der Waals surface area contributed by atoms with Crippen molar-refractivity contribution in [3.05, 3.63) is 46.4 Å². The summed E-state index contributed by atoms with van der Waals surface area (Å²) >= 11 is 0.532. The molecule has 0 amide bonds. The lowest BCUT2D eigenvalue weighted by Gasteiger charge is -2.35. The molecule has 1 aliphatic rings. The molecular formula is C27H33F7N6OS. The van der Waals surface area contributed by atoms with Gasteiger partial charge in [0.25, 0.3) is 11.5 Å². The molecule has 1 unspecified atom stereocenters. The predicted octanol–water partition coefficient (Wildman–Crippen LogP) is 7.04. The summed E-state index contributed by atoms with van der Waals surface area (Å²) in [4.78, 5) is 22.7. The van der Waals surface area contributed by atoms with Gasteiger partial charge in [0, 0.05) is 35.4 Å². The first-order chi connectivity index (χ1) is 19.5. The van der Waals surface area contributed by atoms with E-state index in [9.17, 15) is 35.5 Å². The maximum Gasteiger partial charge on any atom is 0.389 e. The highest BCUT2D eigenvalue weighted by atomic mass is 32.2. The van der Waals surface area contributed by atoms with E-state index < -0.39 is 53.2 Å². The number of nitrogens with two attached hydrogens (primary N) is 1. The molecule has 0 radical (unpaired) electrons. The second-order valence-electron chi connectivity index (χ2n) is 10.5. The van der Waals surface area contributed by atoms with Gasteiger partial charge in [-0.05, 0) is 64.5 Å². The number of hydrogen-bond acceptors (Lipinski definition) is 7. The molecule has 15 heteroatoms. The van der Waals surface area contributed by atoms with Crippen LogP contribution in [0.5, 0.6) is 0 Å². The van der Waals surface area contributed by atoms with Crippen molar-refractivity contribution in [2.75, 3.05) is 30.3 Å². The fraction of sp³-hybridized carbons (Fsp3) is 0.519. The number of rotatable bonds is 7. The Bertz CT molecular complexity index is 1420. The third-order valence-electron chi connectivity index (χ3n) is 6.67. The molecule has 7 nitrogen and oxygen atoms in total. The molecule has 0 spiro atoms. The summed E-state index contributed by atoms with van der Waals surface area (Å²) in [5.74, 6) is -4.99. The van der Waals surface area contributed by atoms with Crippen LogP contribution < -0.4 is 16.0 Å². The quantitative estimate of drug-likeness (QED) is 0.166. The Kier molecular flexibility index (Phi) is 10.7. The van der Waals surface area contributed by atoms with E-state index >= 15 is 0 Å². The molecule has 2 aromatic heterocycles. The number of nitrogen functional groups attached to an aromatic ring is 1. The molecule has 1 aromatic carbocycles. The smallest absolute Gasteiger partial charge is 0.368 e. The average molecular weight is 623 g/mol. The maximum atomic E-state index is 14.5. The number of nitrogens with zero attached hydrogens (tertiary/aromatic N) is 4. The minimum Gasteiger partial charge on any atom is -0.368 e. The van der Waals surface area contributed by atoms with E-state index in [0.29, 0.717) is 30.2 Å². The van der Waals surface area contributed by atoms with E-state index in [-0.39, 0.29) is 35.2 Å². The largest absolute Gasteiger partial charge is 0.389 e. The molecule has 1 saturated carbocycles. The van der Waals surface area contributed by atoms with Crippen LogP contribution in [0.1, 0.15) is 52.0 Å². The summed E-state index contributed by atoms with van der Waals surface area (Å²) in [5.41, 5.74) is 4.78. The van der Waals surface area contributed by atoms with Crippen molar-refractivity contribution in [2.45, 2.75) is 70.1 Å². The molecule has 4 rings (SSSR count). The second kappa shape index (κ2) is 13.5. The number of hydrogen-bond donors (Lipinski definition) is 2. The third-order valence-corrected chi connectivity index (χ3v) is 7.43. The number of fused-ring (bicyclic) bond motifs is 1. The van der Waals surface area contributed by atoms with Crippen molar-refractivity contribution in [1.82, 2.24) is 19.4 Å². The third kappa shape index (κ3) is 8.27. The molecule has 1 atom stereocenters. The van der Waals surface area contributed by atoms with Crippen molar-refractivity contribution in [3.63, 3.8) is 0 Å². The number of benzene rings is 1. The minimum atomic E-state index is -4.36. The molecule has 0 aliphatic heterocycles. The summed E-state index contributed by atoms with van der Waals surface area (Å²) < 4.78 is 95.4. The van der Waals surface area contributed by atoms with Gasteiger partial charge < -0.3 is 15.4 Å². The predicted molar refractivity (Wildman–Crippen MR) is 152 cm³/mol. The van der Waals surface area contributed by atoms with E-state index in [1.807, 2.05) is 0 Å². The zero-order chi connectivity index (χ0) is 31.4. The Morgan fingerprint density at radius 2 is 1.81 bits per heavy atom. The Morgan fingerprint density at radius 1 is 1.17 bits per heavy atom. The van der Waals surface area contributed by atoms with Gasteiger partial charge >= 0.3 is 6.18 Å². The van der Waals surface area contributed by atoms with E-state index in [1.54, 1.807) is 32.8 Å². The molecule has 3 aromatic rings. The van der Waals surface area contributed by atoms with Crippen LogP contribution in [-0.4, -0.2) is 57.4 Å². The molecule has 42 heavy (non-hydrogen) atoms. The highest BCUT2D eigenvalue weighted by molar-refractivity contribution is 8.00. The standard InChI is InChI=1S/C19H18F5N5OS.C8H15F2N/c1-9(2)29-16-11(8-26-18(25)27-16)5-12(17(29)30)10-6-13(20)15(14(21)7-10)28-31-4-3-19(22,23)24;1-11(2)7-5-3-4-6-8(7,9)10/h5-9,28H,3-4H2,1-2H3,(H2,25,26,27);7H,3-6H2,1-2H3. The summed E-state index contributed by atoms with van der Waals surface area (Å²) in [6.07, 6.45) is -1.74. The molecular weight excluding hydrogens is 589 g/mol. The Hall–Kier alpha value is -3.07. The van der Waals surface area contributed by atoms with Gasteiger partial charge in [-0.15, -0.1) is 0 Å². The molecule has 1 aliphatic carbocycles. The number of anilines is 2. The summed E-state index contributed by atoms with van der Waals surface area (Å²) in [7, 11) is 3.45. The maximum absolute atomic E-state index is 14.5. The fourth-order valence-corrected chi connectivity index (χ4v) is 5.42. The second-order valence-corrected chi connectivity index (χ2v) is 11.4. The summed E-state index contributed by atoms with van der Waals surface area (Å²) in [6, 6.07) is 2.44. The number of halogens is 7. The first kappa shape index (κ1) is 33.4. The van der Waals surface area contributed by atoms with E-state index in [0.717, 1.165) is 18.6 Å². The van der Waals surface area contributed by atoms with Crippen molar-refractivity contribution in [3.8, 4) is 11.1 Å².